The van der Waals surface area contributed by atoms with Crippen molar-refractivity contribution in [3.05, 3.63) is 78.1 Å². The highest BCUT2D eigenvalue weighted by Crippen LogP contribution is 2.31. The Labute approximate surface area is 193 Å². The van der Waals surface area contributed by atoms with Crippen LogP contribution >= 0.6 is 11.8 Å². The highest BCUT2D eigenvalue weighted by atomic mass is 32.2. The predicted octanol–water partition coefficient (Wildman–Crippen LogP) is 4.51. The Morgan fingerprint density at radius 1 is 1.09 bits per heavy atom. The molecule has 1 aliphatic heterocycles. The Morgan fingerprint density at radius 2 is 1.88 bits per heavy atom. The molecule has 0 unspecified atom stereocenters. The number of rotatable bonds is 5. The Balaban J connectivity index is 1.41. The van der Waals surface area contributed by atoms with Crippen LogP contribution in [0.1, 0.15) is 5.76 Å². The number of hydrogen-bond acceptors (Lipinski definition) is 8. The second-order valence-electron chi connectivity index (χ2n) is 7.25. The lowest BCUT2D eigenvalue weighted by Gasteiger charge is -2.21. The third-order valence-corrected chi connectivity index (χ3v) is 5.95. The van der Waals surface area contributed by atoms with Crippen LogP contribution in [0.2, 0.25) is 0 Å². The molecule has 2 atom stereocenters. The minimum Gasteiger partial charge on any atom is -0.450 e. The van der Waals surface area contributed by atoms with E-state index in [0.717, 1.165) is 16.7 Å². The average molecular weight is 452 g/mol. The van der Waals surface area contributed by atoms with Crippen LogP contribution in [-0.4, -0.2) is 21.8 Å². The van der Waals surface area contributed by atoms with Crippen molar-refractivity contribution in [2.24, 2.45) is 16.8 Å². The van der Waals surface area contributed by atoms with Gasteiger partial charge in [-0.1, -0.05) is 30.3 Å². The molecule has 0 spiro atoms. The van der Waals surface area contributed by atoms with Gasteiger partial charge in [0.25, 0.3) is 0 Å². The smallest absolute Gasteiger partial charge is 0.174 e. The van der Waals surface area contributed by atoms with Gasteiger partial charge in [-0.3, -0.25) is 0 Å². The van der Waals surface area contributed by atoms with E-state index in [1.807, 2.05) is 54.6 Å². The van der Waals surface area contributed by atoms with Gasteiger partial charge < -0.3 is 15.1 Å². The molecule has 0 aliphatic carbocycles. The molecule has 1 aliphatic rings. The predicted molar refractivity (Wildman–Crippen MR) is 126 cm³/mol. The van der Waals surface area contributed by atoms with Crippen molar-refractivity contribution >= 4 is 40.3 Å². The highest BCUT2D eigenvalue weighted by molar-refractivity contribution is 7.99. The van der Waals surface area contributed by atoms with Crippen LogP contribution in [-0.2, 0) is 0 Å². The molecule has 0 saturated heterocycles. The van der Waals surface area contributed by atoms with E-state index in [9.17, 15) is 10.5 Å². The van der Waals surface area contributed by atoms with Crippen LogP contribution < -0.4 is 10.7 Å². The molecular formula is C24H17N7OS. The molecule has 160 valence electrons. The van der Waals surface area contributed by atoms with E-state index in [1.165, 1.54) is 11.8 Å². The summed E-state index contributed by atoms with van der Waals surface area (Å²) in [6.45, 7) is 0. The first kappa shape index (κ1) is 20.6. The lowest BCUT2D eigenvalue weighted by molar-refractivity contribution is 0.466. The first-order valence-electron chi connectivity index (χ1n) is 10.1. The monoisotopic (exact) mass is 451 g/mol. The number of nitriles is 2. The summed E-state index contributed by atoms with van der Waals surface area (Å²) in [7, 11) is 0. The molecule has 0 saturated carbocycles. The largest absolute Gasteiger partial charge is 0.450 e. The van der Waals surface area contributed by atoms with Crippen molar-refractivity contribution < 1.29 is 4.42 Å². The van der Waals surface area contributed by atoms with Gasteiger partial charge in [-0.05, 0) is 48.2 Å². The maximum Gasteiger partial charge on any atom is 0.174 e. The number of allylic oxidation sites excluding steroid dienone is 1. The molecule has 3 heterocycles. The van der Waals surface area contributed by atoms with Crippen LogP contribution in [0.25, 0.3) is 17.1 Å². The number of nitrogens with two attached hydrogens (primary N) is 1. The van der Waals surface area contributed by atoms with Gasteiger partial charge in [0.05, 0.1) is 34.1 Å². The lowest BCUT2D eigenvalue weighted by Crippen LogP contribution is -2.40. The minimum absolute atomic E-state index is 0.227. The first-order valence-corrected chi connectivity index (χ1v) is 10.9. The summed E-state index contributed by atoms with van der Waals surface area (Å²) >= 11 is 1.35. The molecule has 33 heavy (non-hydrogen) atoms. The van der Waals surface area contributed by atoms with Gasteiger partial charge in [0, 0.05) is 6.08 Å². The zero-order valence-corrected chi connectivity index (χ0v) is 18.0. The van der Waals surface area contributed by atoms with Crippen LogP contribution in [0.4, 0.5) is 5.69 Å². The molecule has 0 amide bonds. The summed E-state index contributed by atoms with van der Waals surface area (Å²) < 4.78 is 5.88. The molecule has 0 fully saturated rings. The minimum atomic E-state index is -0.754. The SMILES string of the molecule is N#C/C(=C/c1ccc(Sc2nc3ccccc3[nH]2)o1)C1=NN(c2ccccc2)[C@@H](N)[C@@H]1C#N. The third kappa shape index (κ3) is 3.99. The number of H-pyrrole nitrogens is 1. The zero-order valence-electron chi connectivity index (χ0n) is 17.2. The standard InChI is InChI=1S/C24H17N7OS/c25-13-15(22-18(14-26)23(27)31(30-22)16-6-2-1-3-7-16)12-17-10-11-21(32-17)33-24-28-19-8-4-5-9-20(19)29-24/h1-12,18,23H,27H2,(H,28,29)/b15-12-/t18-,23-/m1/s1. The number of nitrogens with one attached hydrogen (secondary N) is 1. The van der Waals surface area contributed by atoms with Crippen molar-refractivity contribution in [1.82, 2.24) is 9.97 Å². The number of furan rings is 1. The number of aromatic amines is 1. The van der Waals surface area contributed by atoms with Crippen LogP contribution in [0.5, 0.6) is 0 Å². The second-order valence-corrected chi connectivity index (χ2v) is 8.24. The van der Waals surface area contributed by atoms with Crippen molar-refractivity contribution in [2.45, 2.75) is 16.4 Å². The number of anilines is 1. The fourth-order valence-corrected chi connectivity index (χ4v) is 4.33. The molecule has 5 rings (SSSR count). The number of hydrogen-bond donors (Lipinski definition) is 2. The van der Waals surface area contributed by atoms with Crippen molar-refractivity contribution in [2.75, 3.05) is 5.01 Å². The van der Waals surface area contributed by atoms with Gasteiger partial charge in [-0.15, -0.1) is 0 Å². The maximum atomic E-state index is 9.80. The van der Waals surface area contributed by atoms with E-state index >= 15 is 0 Å². The molecule has 0 bridgehead atoms. The van der Waals surface area contributed by atoms with Crippen LogP contribution in [0.15, 0.2) is 92.1 Å². The Bertz CT molecular complexity index is 1420. The number of benzene rings is 2. The van der Waals surface area contributed by atoms with E-state index < -0.39 is 12.1 Å². The topological polar surface area (TPSA) is 131 Å². The van der Waals surface area contributed by atoms with Gasteiger partial charge >= 0.3 is 0 Å². The number of para-hydroxylation sites is 3. The van der Waals surface area contributed by atoms with Gasteiger partial charge in [-0.25, -0.2) is 9.99 Å². The lowest BCUT2D eigenvalue weighted by atomic mass is 9.96. The molecule has 8 nitrogen and oxygen atoms in total. The number of aromatic nitrogens is 2. The van der Waals surface area contributed by atoms with Crippen molar-refractivity contribution in [3.63, 3.8) is 0 Å². The van der Waals surface area contributed by atoms with Gasteiger partial charge in [0.1, 0.15) is 23.9 Å². The summed E-state index contributed by atoms with van der Waals surface area (Å²) in [6, 6.07) is 25.0. The van der Waals surface area contributed by atoms with Crippen LogP contribution in [0, 0.1) is 28.6 Å². The summed E-state index contributed by atoms with van der Waals surface area (Å²) in [5.41, 5.74) is 9.39. The molecule has 2 aromatic carbocycles. The van der Waals surface area contributed by atoms with E-state index in [-0.39, 0.29) is 5.57 Å². The Kier molecular flexibility index (Phi) is 5.41. The van der Waals surface area contributed by atoms with E-state index in [2.05, 4.69) is 27.2 Å². The summed E-state index contributed by atoms with van der Waals surface area (Å²) in [5, 5.41) is 26.9. The third-order valence-electron chi connectivity index (χ3n) is 5.14. The number of fused-ring (bicyclic) bond motifs is 1. The van der Waals surface area contributed by atoms with E-state index in [0.29, 0.717) is 21.7 Å². The average Bonchev–Trinajstić information content (AvgIpc) is 3.54. The van der Waals surface area contributed by atoms with Crippen molar-refractivity contribution in [3.8, 4) is 12.1 Å². The normalized spacial score (nSPS) is 18.2. The molecule has 4 aromatic rings. The maximum absolute atomic E-state index is 9.80. The summed E-state index contributed by atoms with van der Waals surface area (Å²) in [4.78, 5) is 7.77. The zero-order chi connectivity index (χ0) is 22.8. The second kappa shape index (κ2) is 8.67. The Morgan fingerprint density at radius 3 is 2.64 bits per heavy atom. The highest BCUT2D eigenvalue weighted by Gasteiger charge is 2.37. The molecule has 0 radical (unpaired) electrons. The van der Waals surface area contributed by atoms with Gasteiger partial charge in [-0.2, -0.15) is 15.6 Å². The molecule has 2 aromatic heterocycles. The molecule has 9 heteroatoms. The molecule has 3 N–H and O–H groups in total. The Hall–Kier alpha value is -4.31. The number of hydrazone groups is 1. The number of nitrogens with zero attached hydrogens (tertiary/aromatic N) is 5. The quantitative estimate of drug-likeness (QED) is 0.427. The van der Waals surface area contributed by atoms with E-state index in [1.54, 1.807) is 23.2 Å². The van der Waals surface area contributed by atoms with Crippen LogP contribution in [0.3, 0.4) is 0 Å². The molecular weight excluding hydrogens is 434 g/mol. The number of imidazole rings is 1. The fraction of sp³-hybridized carbons (Fsp3) is 0.0833. The fourth-order valence-electron chi connectivity index (χ4n) is 3.56. The summed E-state index contributed by atoms with van der Waals surface area (Å²) in [5.74, 6) is -0.285. The first-order chi connectivity index (χ1) is 16.2. The van der Waals surface area contributed by atoms with Gasteiger partial charge in [0.15, 0.2) is 10.2 Å². The summed E-state index contributed by atoms with van der Waals surface area (Å²) in [6.07, 6.45) is 0.882. The van der Waals surface area contributed by atoms with Crippen molar-refractivity contribution in [1.29, 1.82) is 10.5 Å². The van der Waals surface area contributed by atoms with E-state index in [4.69, 9.17) is 10.2 Å². The van der Waals surface area contributed by atoms with Gasteiger partial charge in [0.2, 0.25) is 0 Å².